The molecule has 0 saturated heterocycles. The van der Waals surface area contributed by atoms with E-state index in [-0.39, 0.29) is 0 Å². The van der Waals surface area contributed by atoms with Gasteiger partial charge in [0, 0.05) is 5.56 Å². The number of rotatable bonds is 1. The van der Waals surface area contributed by atoms with Gasteiger partial charge in [-0.3, -0.25) is 0 Å². The molecule has 11 heavy (non-hydrogen) atoms. The molecule has 1 aromatic carbocycles. The fourth-order valence-corrected chi connectivity index (χ4v) is 1.19. The Labute approximate surface area is 65.9 Å². The van der Waals surface area contributed by atoms with E-state index < -0.39 is 0 Å². The van der Waals surface area contributed by atoms with Crippen molar-refractivity contribution < 1.29 is 0 Å². The van der Waals surface area contributed by atoms with Crippen LogP contribution in [0, 0.1) is 6.04 Å². The smallest absolute Gasteiger partial charge is 0.109 e. The van der Waals surface area contributed by atoms with E-state index in [2.05, 4.69) is 23.5 Å². The Bertz CT molecular complexity index is 281. The molecule has 2 rings (SSSR count). The Morgan fingerprint density at radius 1 is 1.18 bits per heavy atom. The minimum atomic E-state index is 1.04. The van der Waals surface area contributed by atoms with Crippen LogP contribution in [0.15, 0.2) is 36.9 Å². The van der Waals surface area contributed by atoms with Crippen molar-refractivity contribution in [2.75, 3.05) is 5.43 Å². The van der Waals surface area contributed by atoms with Crippen LogP contribution in [0.3, 0.4) is 0 Å². The summed E-state index contributed by atoms with van der Waals surface area (Å²) in [5.41, 5.74) is 8.36. The Kier molecular flexibility index (Phi) is 1.40. The summed E-state index contributed by atoms with van der Waals surface area (Å²) in [6.45, 7) is 3.70. The van der Waals surface area contributed by atoms with Gasteiger partial charge in [0.2, 0.25) is 0 Å². The third-order valence-corrected chi connectivity index (χ3v) is 1.75. The quantitative estimate of drug-likeness (QED) is 0.628. The molecule has 1 radical (unpaired) electrons. The number of nitrogens with one attached hydrogen (secondary N) is 2. The minimum absolute atomic E-state index is 1.04. The molecule has 55 valence electrons. The standard InChI is InChI=1S/C9H9N2/c1-2-8-7-5-3-4-6-9(7)11-10-8/h2-6,10-11H,1H2. The van der Waals surface area contributed by atoms with Crippen LogP contribution in [-0.2, 0) is 0 Å². The molecule has 0 aliphatic carbocycles. The van der Waals surface area contributed by atoms with Crippen molar-refractivity contribution in [2.24, 2.45) is 0 Å². The summed E-state index contributed by atoms with van der Waals surface area (Å²) in [4.78, 5) is 0. The first-order valence-electron chi connectivity index (χ1n) is 3.52. The van der Waals surface area contributed by atoms with E-state index in [9.17, 15) is 0 Å². The van der Waals surface area contributed by atoms with Crippen LogP contribution in [-0.4, -0.2) is 0 Å². The van der Waals surface area contributed by atoms with Gasteiger partial charge in [-0.2, -0.15) is 0 Å². The van der Waals surface area contributed by atoms with Crippen LogP contribution in [0.2, 0.25) is 0 Å². The lowest BCUT2D eigenvalue weighted by Gasteiger charge is -1.99. The SMILES string of the molecule is C=C[C]1NNc2ccccc21. The monoisotopic (exact) mass is 145 g/mol. The Morgan fingerprint density at radius 2 is 2.00 bits per heavy atom. The maximum absolute atomic E-state index is 3.70. The number of fused-ring (bicyclic) bond motifs is 1. The highest BCUT2D eigenvalue weighted by Crippen LogP contribution is 2.26. The molecule has 1 aliphatic heterocycles. The van der Waals surface area contributed by atoms with Crippen LogP contribution >= 0.6 is 0 Å². The first kappa shape index (κ1) is 6.43. The second-order valence-corrected chi connectivity index (χ2v) is 2.41. The zero-order chi connectivity index (χ0) is 7.68. The van der Waals surface area contributed by atoms with Crippen molar-refractivity contribution >= 4 is 5.69 Å². The normalized spacial score (nSPS) is 15.6. The predicted molar refractivity (Wildman–Crippen MR) is 45.7 cm³/mol. The first-order chi connectivity index (χ1) is 5.42. The van der Waals surface area contributed by atoms with E-state index in [0.29, 0.717) is 0 Å². The van der Waals surface area contributed by atoms with Crippen molar-refractivity contribution in [2.45, 2.75) is 0 Å². The van der Waals surface area contributed by atoms with Crippen LogP contribution in [0.1, 0.15) is 5.56 Å². The van der Waals surface area contributed by atoms with E-state index in [0.717, 1.165) is 11.7 Å². The Balaban J connectivity index is 2.46. The molecular weight excluding hydrogens is 136 g/mol. The zero-order valence-electron chi connectivity index (χ0n) is 6.09. The first-order valence-corrected chi connectivity index (χ1v) is 3.52. The van der Waals surface area contributed by atoms with Crippen molar-refractivity contribution in [3.8, 4) is 0 Å². The molecule has 1 heterocycles. The highest BCUT2D eigenvalue weighted by atomic mass is 15.4. The highest BCUT2D eigenvalue weighted by Gasteiger charge is 2.17. The lowest BCUT2D eigenvalue weighted by atomic mass is 10.1. The van der Waals surface area contributed by atoms with Gasteiger partial charge in [0.15, 0.2) is 0 Å². The molecule has 0 spiro atoms. The van der Waals surface area contributed by atoms with Gasteiger partial charge in [-0.25, -0.2) is 5.43 Å². The van der Waals surface area contributed by atoms with Gasteiger partial charge in [-0.15, -0.1) is 6.58 Å². The maximum Gasteiger partial charge on any atom is 0.109 e. The topological polar surface area (TPSA) is 24.1 Å². The Hall–Kier alpha value is -1.28. The van der Waals surface area contributed by atoms with Crippen LogP contribution in [0.25, 0.3) is 0 Å². The number of para-hydroxylation sites is 1. The number of anilines is 1. The second-order valence-electron chi connectivity index (χ2n) is 2.41. The summed E-state index contributed by atoms with van der Waals surface area (Å²) in [5.74, 6) is 0. The average Bonchev–Trinajstić information content (AvgIpc) is 2.47. The number of hydrogen-bond donors (Lipinski definition) is 2. The number of hydrogen-bond acceptors (Lipinski definition) is 2. The van der Waals surface area contributed by atoms with Gasteiger partial charge in [0.25, 0.3) is 0 Å². The summed E-state index contributed by atoms with van der Waals surface area (Å²) in [6, 6.07) is 9.13. The molecule has 0 amide bonds. The fraction of sp³-hybridized carbons (Fsp3) is 0. The minimum Gasteiger partial charge on any atom is -0.320 e. The number of benzene rings is 1. The molecule has 2 N–H and O–H groups in total. The van der Waals surface area contributed by atoms with E-state index in [4.69, 9.17) is 0 Å². The van der Waals surface area contributed by atoms with E-state index in [1.54, 1.807) is 6.08 Å². The zero-order valence-corrected chi connectivity index (χ0v) is 6.09. The van der Waals surface area contributed by atoms with Crippen molar-refractivity contribution in [1.29, 1.82) is 0 Å². The van der Waals surface area contributed by atoms with E-state index >= 15 is 0 Å². The van der Waals surface area contributed by atoms with Crippen LogP contribution < -0.4 is 10.9 Å². The number of hydrazine groups is 1. The molecule has 1 aromatic rings. The van der Waals surface area contributed by atoms with Gasteiger partial charge in [-0.05, 0) is 6.07 Å². The summed E-state index contributed by atoms with van der Waals surface area (Å²) < 4.78 is 0. The largest absolute Gasteiger partial charge is 0.320 e. The van der Waals surface area contributed by atoms with Gasteiger partial charge >= 0.3 is 0 Å². The summed E-state index contributed by atoms with van der Waals surface area (Å²) in [5, 5.41) is 0. The molecule has 2 nitrogen and oxygen atoms in total. The fourth-order valence-electron chi connectivity index (χ4n) is 1.19. The van der Waals surface area contributed by atoms with Crippen molar-refractivity contribution in [1.82, 2.24) is 5.43 Å². The molecule has 2 heteroatoms. The van der Waals surface area contributed by atoms with E-state index in [1.807, 2.05) is 18.2 Å². The maximum atomic E-state index is 3.70. The molecule has 0 aromatic heterocycles. The van der Waals surface area contributed by atoms with E-state index in [1.165, 1.54) is 5.56 Å². The summed E-state index contributed by atoms with van der Waals surface area (Å²) in [7, 11) is 0. The van der Waals surface area contributed by atoms with Gasteiger partial charge < -0.3 is 5.43 Å². The van der Waals surface area contributed by atoms with Crippen molar-refractivity contribution in [3.05, 3.63) is 48.5 Å². The second kappa shape index (κ2) is 2.40. The molecule has 1 aliphatic rings. The lowest BCUT2D eigenvalue weighted by Crippen LogP contribution is -2.17. The molecule has 0 fully saturated rings. The van der Waals surface area contributed by atoms with Gasteiger partial charge in [0.1, 0.15) is 6.04 Å². The van der Waals surface area contributed by atoms with Crippen molar-refractivity contribution in [3.63, 3.8) is 0 Å². The molecule has 0 saturated carbocycles. The molecule has 0 bridgehead atoms. The Morgan fingerprint density at radius 3 is 2.82 bits per heavy atom. The van der Waals surface area contributed by atoms with Crippen LogP contribution in [0.4, 0.5) is 5.69 Å². The lowest BCUT2D eigenvalue weighted by molar-refractivity contribution is 0.954. The summed E-state index contributed by atoms with van der Waals surface area (Å²) in [6.07, 6.45) is 1.80. The molecule has 0 unspecified atom stereocenters. The third kappa shape index (κ3) is 0.917. The third-order valence-electron chi connectivity index (χ3n) is 1.75. The highest BCUT2D eigenvalue weighted by molar-refractivity contribution is 5.62. The summed E-state index contributed by atoms with van der Waals surface area (Å²) >= 11 is 0. The average molecular weight is 145 g/mol. The van der Waals surface area contributed by atoms with Crippen LogP contribution in [0.5, 0.6) is 0 Å². The van der Waals surface area contributed by atoms with Gasteiger partial charge in [0.05, 0.1) is 5.69 Å². The molecular formula is C9H9N2. The van der Waals surface area contributed by atoms with Gasteiger partial charge in [-0.1, -0.05) is 24.3 Å². The predicted octanol–water partition coefficient (Wildman–Crippen LogP) is 1.68. The molecule has 0 atom stereocenters.